The zero-order valence-electron chi connectivity index (χ0n) is 15.6. The molecule has 2 aromatic heterocycles. The highest BCUT2D eigenvalue weighted by Gasteiger charge is 2.27. The summed E-state index contributed by atoms with van der Waals surface area (Å²) in [5.41, 5.74) is 0.626. The van der Waals surface area contributed by atoms with Gasteiger partial charge >= 0.3 is 0 Å². The third-order valence-corrected chi connectivity index (χ3v) is 4.51. The van der Waals surface area contributed by atoms with Gasteiger partial charge < -0.3 is 14.5 Å². The number of nitrogens with one attached hydrogen (secondary N) is 1. The molecule has 0 radical (unpaired) electrons. The van der Waals surface area contributed by atoms with E-state index in [4.69, 9.17) is 4.74 Å². The average Bonchev–Trinajstić information content (AvgIpc) is 3.11. The number of H-pyrrole nitrogens is 1. The van der Waals surface area contributed by atoms with Gasteiger partial charge in [0.2, 0.25) is 17.8 Å². The third-order valence-electron chi connectivity index (χ3n) is 4.51. The summed E-state index contributed by atoms with van der Waals surface area (Å²) in [5, 5.41) is 0. The maximum Gasteiger partial charge on any atom is 0.252 e. The van der Waals surface area contributed by atoms with Gasteiger partial charge in [0.1, 0.15) is 0 Å². The quantitative estimate of drug-likeness (QED) is 0.790. The average molecular weight is 359 g/mol. The Hall–Kier alpha value is -2.68. The first-order valence-electron chi connectivity index (χ1n) is 8.56. The Bertz CT molecular complexity index is 808. The maximum atomic E-state index is 11.8. The maximum absolute atomic E-state index is 11.8. The molecule has 0 unspecified atom stereocenters. The third kappa shape index (κ3) is 4.10. The summed E-state index contributed by atoms with van der Waals surface area (Å²) < 4.78 is 5.18. The highest BCUT2D eigenvalue weighted by Crippen LogP contribution is 2.21. The van der Waals surface area contributed by atoms with Crippen LogP contribution in [0.1, 0.15) is 12.1 Å². The van der Waals surface area contributed by atoms with Gasteiger partial charge in [-0.15, -0.1) is 0 Å². The highest BCUT2D eigenvalue weighted by molar-refractivity contribution is 5.34. The molecule has 1 saturated heterocycles. The lowest BCUT2D eigenvalue weighted by Gasteiger charge is -2.24. The summed E-state index contributed by atoms with van der Waals surface area (Å²) >= 11 is 0. The van der Waals surface area contributed by atoms with Crippen LogP contribution in [0.25, 0.3) is 0 Å². The van der Waals surface area contributed by atoms with Crippen LogP contribution in [0, 0.1) is 0 Å². The Kier molecular flexibility index (Phi) is 5.36. The number of hydrogen-bond donors (Lipinski definition) is 1. The Balaban J connectivity index is 1.66. The van der Waals surface area contributed by atoms with Crippen LogP contribution >= 0.6 is 0 Å². The van der Waals surface area contributed by atoms with Gasteiger partial charge in [-0.1, -0.05) is 0 Å². The van der Waals surface area contributed by atoms with E-state index in [1.807, 2.05) is 14.1 Å². The summed E-state index contributed by atoms with van der Waals surface area (Å²) in [4.78, 5) is 34.0. The van der Waals surface area contributed by atoms with E-state index < -0.39 is 0 Å². The van der Waals surface area contributed by atoms with Crippen LogP contribution in [-0.4, -0.2) is 72.2 Å². The molecule has 2 aromatic rings. The zero-order valence-corrected chi connectivity index (χ0v) is 15.6. The van der Waals surface area contributed by atoms with Crippen molar-refractivity contribution in [2.75, 3.05) is 51.1 Å². The number of aromatic nitrogens is 4. The van der Waals surface area contributed by atoms with E-state index in [9.17, 15) is 4.79 Å². The summed E-state index contributed by atoms with van der Waals surface area (Å²) in [6, 6.07) is 3.64. The standard InChI is InChI=1S/C17H25N7O2/c1-22(2)17-19-12(9-14(25)20-17)10-23(3)13-6-8-24(11-13)16-18-7-5-15(21-16)26-4/h5,7,9,13H,6,8,10-11H2,1-4H3,(H,19,20,25)/t13-/m0/s1. The van der Waals surface area contributed by atoms with Crippen LogP contribution < -0.4 is 20.1 Å². The normalized spacial score (nSPS) is 17.0. The Morgan fingerprint density at radius 2 is 2.15 bits per heavy atom. The van der Waals surface area contributed by atoms with E-state index in [1.165, 1.54) is 0 Å². The van der Waals surface area contributed by atoms with Crippen molar-refractivity contribution >= 4 is 11.9 Å². The molecule has 0 aromatic carbocycles. The molecule has 0 aliphatic carbocycles. The summed E-state index contributed by atoms with van der Waals surface area (Å²) in [5.74, 6) is 1.82. The van der Waals surface area contributed by atoms with E-state index in [2.05, 4.69) is 36.8 Å². The predicted octanol–water partition coefficient (Wildman–Crippen LogP) is 0.345. The Morgan fingerprint density at radius 3 is 2.88 bits per heavy atom. The van der Waals surface area contributed by atoms with Crippen molar-refractivity contribution in [3.63, 3.8) is 0 Å². The first-order valence-corrected chi connectivity index (χ1v) is 8.56. The monoisotopic (exact) mass is 359 g/mol. The zero-order chi connectivity index (χ0) is 18.7. The molecule has 9 nitrogen and oxygen atoms in total. The smallest absolute Gasteiger partial charge is 0.252 e. The summed E-state index contributed by atoms with van der Waals surface area (Å²) in [7, 11) is 7.37. The van der Waals surface area contributed by atoms with Gasteiger partial charge in [0.25, 0.3) is 5.56 Å². The molecular weight excluding hydrogens is 334 g/mol. The summed E-state index contributed by atoms with van der Waals surface area (Å²) in [6.07, 6.45) is 2.71. The fourth-order valence-electron chi connectivity index (χ4n) is 3.05. The van der Waals surface area contributed by atoms with Gasteiger partial charge in [-0.3, -0.25) is 14.7 Å². The van der Waals surface area contributed by atoms with E-state index in [0.29, 0.717) is 30.4 Å². The molecule has 0 bridgehead atoms. The largest absolute Gasteiger partial charge is 0.481 e. The number of rotatable bonds is 6. The van der Waals surface area contributed by atoms with Crippen LogP contribution in [0.2, 0.25) is 0 Å². The van der Waals surface area contributed by atoms with Crippen molar-refractivity contribution in [2.24, 2.45) is 0 Å². The van der Waals surface area contributed by atoms with Crippen LogP contribution in [0.5, 0.6) is 5.88 Å². The number of likely N-dealkylation sites (N-methyl/N-ethyl adjacent to an activating group) is 1. The molecule has 1 N–H and O–H groups in total. The molecule has 26 heavy (non-hydrogen) atoms. The minimum absolute atomic E-state index is 0.134. The van der Waals surface area contributed by atoms with Crippen LogP contribution in [0.3, 0.4) is 0 Å². The molecular formula is C17H25N7O2. The first kappa shape index (κ1) is 18.1. The van der Waals surface area contributed by atoms with Gasteiger partial charge in [-0.05, 0) is 13.5 Å². The second-order valence-electron chi connectivity index (χ2n) is 6.66. The lowest BCUT2D eigenvalue weighted by Crippen LogP contribution is -2.35. The van der Waals surface area contributed by atoms with Gasteiger partial charge in [0, 0.05) is 58.1 Å². The molecule has 0 spiro atoms. The molecule has 1 aliphatic heterocycles. The van der Waals surface area contributed by atoms with Crippen molar-refractivity contribution in [2.45, 2.75) is 19.0 Å². The van der Waals surface area contributed by atoms with Crippen molar-refractivity contribution in [1.82, 2.24) is 24.8 Å². The van der Waals surface area contributed by atoms with Crippen molar-refractivity contribution in [3.05, 3.63) is 34.4 Å². The Morgan fingerprint density at radius 1 is 1.35 bits per heavy atom. The first-order chi connectivity index (χ1) is 12.5. The number of nitrogens with zero attached hydrogens (tertiary/aromatic N) is 6. The topological polar surface area (TPSA) is 90.5 Å². The van der Waals surface area contributed by atoms with Gasteiger partial charge in [-0.25, -0.2) is 9.97 Å². The van der Waals surface area contributed by atoms with Gasteiger partial charge in [0.05, 0.1) is 12.8 Å². The van der Waals surface area contributed by atoms with Crippen molar-refractivity contribution < 1.29 is 4.74 Å². The minimum Gasteiger partial charge on any atom is -0.481 e. The van der Waals surface area contributed by atoms with E-state index >= 15 is 0 Å². The molecule has 0 saturated carbocycles. The Labute approximate surface area is 152 Å². The minimum atomic E-state index is -0.134. The second-order valence-corrected chi connectivity index (χ2v) is 6.66. The lowest BCUT2D eigenvalue weighted by atomic mass is 10.2. The molecule has 1 atom stereocenters. The highest BCUT2D eigenvalue weighted by atomic mass is 16.5. The second kappa shape index (κ2) is 7.69. The van der Waals surface area contributed by atoms with Gasteiger partial charge in [0.15, 0.2) is 0 Å². The molecule has 1 aliphatic rings. The number of anilines is 2. The number of methoxy groups -OCH3 is 1. The number of hydrogen-bond acceptors (Lipinski definition) is 8. The van der Waals surface area contributed by atoms with Gasteiger partial charge in [-0.2, -0.15) is 4.98 Å². The molecule has 1 fully saturated rings. The predicted molar refractivity (Wildman–Crippen MR) is 99.9 cm³/mol. The van der Waals surface area contributed by atoms with E-state index in [0.717, 1.165) is 25.2 Å². The fraction of sp³-hybridized carbons (Fsp3) is 0.529. The molecule has 0 amide bonds. The van der Waals surface area contributed by atoms with Crippen molar-refractivity contribution in [1.29, 1.82) is 0 Å². The molecule has 9 heteroatoms. The summed E-state index contributed by atoms with van der Waals surface area (Å²) in [6.45, 7) is 2.32. The van der Waals surface area contributed by atoms with Crippen molar-refractivity contribution in [3.8, 4) is 5.88 Å². The van der Waals surface area contributed by atoms with Crippen LogP contribution in [-0.2, 0) is 6.54 Å². The molecule has 140 valence electrons. The molecule has 3 heterocycles. The van der Waals surface area contributed by atoms with Crippen LogP contribution in [0.15, 0.2) is 23.1 Å². The number of ether oxygens (including phenoxy) is 1. The van der Waals surface area contributed by atoms with E-state index in [1.54, 1.807) is 30.3 Å². The van der Waals surface area contributed by atoms with E-state index in [-0.39, 0.29) is 5.56 Å². The SMILES string of the molecule is COc1ccnc(N2CC[C@H](N(C)Cc3cc(=O)[nH]c(N(C)C)n3)C2)n1. The fourth-order valence-corrected chi connectivity index (χ4v) is 3.05. The molecule has 3 rings (SSSR count). The lowest BCUT2D eigenvalue weighted by molar-refractivity contribution is 0.247. The number of aromatic amines is 1. The van der Waals surface area contributed by atoms with Crippen LogP contribution in [0.4, 0.5) is 11.9 Å².